The maximum Gasteiger partial charge on any atom is 0.222 e. The van der Waals surface area contributed by atoms with Gasteiger partial charge in [-0.3, -0.25) is 4.79 Å². The summed E-state index contributed by atoms with van der Waals surface area (Å²) in [7, 11) is 0. The number of carbonyl (C=O) groups excluding carboxylic acids is 1. The Morgan fingerprint density at radius 2 is 1.68 bits per heavy atom. The van der Waals surface area contributed by atoms with Crippen molar-refractivity contribution in [3.05, 3.63) is 33.9 Å². The molecule has 0 aromatic heterocycles. The van der Waals surface area contributed by atoms with Crippen LogP contribution in [0.3, 0.4) is 0 Å². The molecule has 0 aliphatic carbocycles. The topological polar surface area (TPSA) is 32.3 Å². The summed E-state index contributed by atoms with van der Waals surface area (Å²) in [6, 6.07) is 2.27. The van der Waals surface area contributed by atoms with E-state index in [9.17, 15) is 4.79 Å². The van der Waals surface area contributed by atoms with Crippen LogP contribution in [0.15, 0.2) is 6.07 Å². The molecule has 0 bridgehead atoms. The predicted octanol–water partition coefficient (Wildman–Crippen LogP) is 2.92. The Morgan fingerprint density at radius 1 is 1.14 bits per heavy atom. The largest absolute Gasteiger partial charge is 0.340 e. The first-order chi connectivity index (χ1) is 10.4. The molecule has 1 atom stereocenters. The van der Waals surface area contributed by atoms with Crippen LogP contribution in [0.5, 0.6) is 0 Å². The minimum atomic E-state index is 0.314. The van der Waals surface area contributed by atoms with E-state index in [-0.39, 0.29) is 0 Å². The Balaban J connectivity index is 2.03. The Kier molecular flexibility index (Phi) is 5.63. The molecule has 1 amide bonds. The summed E-state index contributed by atoms with van der Waals surface area (Å²) in [4.78, 5) is 14.4. The van der Waals surface area contributed by atoms with Gasteiger partial charge in [0.15, 0.2) is 0 Å². The second-order valence-corrected chi connectivity index (χ2v) is 6.88. The predicted molar refractivity (Wildman–Crippen MR) is 92.3 cm³/mol. The second kappa shape index (κ2) is 7.28. The SMILES string of the molecule is Cc1cc(C)c(C)c(CC(C)CC(=O)N2CCNCC2)c1C. The number of hydrogen-bond acceptors (Lipinski definition) is 2. The summed E-state index contributed by atoms with van der Waals surface area (Å²) in [5.41, 5.74) is 6.95. The van der Waals surface area contributed by atoms with Crippen molar-refractivity contribution in [2.24, 2.45) is 5.92 Å². The van der Waals surface area contributed by atoms with Crippen LogP contribution in [0, 0.1) is 33.6 Å². The van der Waals surface area contributed by atoms with E-state index in [0.29, 0.717) is 18.2 Å². The zero-order valence-electron chi connectivity index (χ0n) is 14.8. The zero-order valence-corrected chi connectivity index (χ0v) is 14.8. The summed E-state index contributed by atoms with van der Waals surface area (Å²) in [5.74, 6) is 0.703. The van der Waals surface area contributed by atoms with Crippen LogP contribution >= 0.6 is 0 Å². The number of nitrogens with one attached hydrogen (secondary N) is 1. The van der Waals surface area contributed by atoms with Gasteiger partial charge in [-0.05, 0) is 67.9 Å². The van der Waals surface area contributed by atoms with Crippen LogP contribution < -0.4 is 5.32 Å². The van der Waals surface area contributed by atoms with Crippen LogP contribution in [0.1, 0.15) is 41.2 Å². The van der Waals surface area contributed by atoms with Gasteiger partial charge in [0.05, 0.1) is 0 Å². The quantitative estimate of drug-likeness (QED) is 0.927. The number of hydrogen-bond donors (Lipinski definition) is 1. The molecule has 22 heavy (non-hydrogen) atoms. The van der Waals surface area contributed by atoms with Crippen molar-refractivity contribution < 1.29 is 4.79 Å². The molecule has 1 aliphatic heterocycles. The van der Waals surface area contributed by atoms with E-state index in [1.54, 1.807) is 0 Å². The van der Waals surface area contributed by atoms with Crippen molar-refractivity contribution in [3.8, 4) is 0 Å². The highest BCUT2D eigenvalue weighted by molar-refractivity contribution is 5.76. The fourth-order valence-electron chi connectivity index (χ4n) is 3.37. The number of carbonyl (C=O) groups is 1. The van der Waals surface area contributed by atoms with Crippen molar-refractivity contribution in [2.45, 2.75) is 47.5 Å². The molecule has 1 aromatic carbocycles. The molecule has 0 saturated carbocycles. The fraction of sp³-hybridized carbons (Fsp3) is 0.632. The van der Waals surface area contributed by atoms with Gasteiger partial charge in [-0.1, -0.05) is 13.0 Å². The van der Waals surface area contributed by atoms with E-state index in [1.807, 2.05) is 4.90 Å². The third-order valence-electron chi connectivity index (χ3n) is 5.07. The van der Waals surface area contributed by atoms with Crippen LogP contribution in [0.25, 0.3) is 0 Å². The molecular formula is C19H30N2O. The standard InChI is InChI=1S/C19H30N2O/c1-13(11-19(22)21-8-6-20-7-9-21)10-18-16(4)14(2)12-15(3)17(18)5/h12-13,20H,6-11H2,1-5H3. The summed E-state index contributed by atoms with van der Waals surface area (Å²) in [5, 5.41) is 3.30. The molecular weight excluding hydrogens is 272 g/mol. The van der Waals surface area contributed by atoms with E-state index in [0.717, 1.165) is 32.6 Å². The number of nitrogens with zero attached hydrogens (tertiary/aromatic N) is 1. The first-order valence-corrected chi connectivity index (χ1v) is 8.45. The van der Waals surface area contributed by atoms with Gasteiger partial charge in [-0.25, -0.2) is 0 Å². The van der Waals surface area contributed by atoms with E-state index < -0.39 is 0 Å². The molecule has 1 unspecified atom stereocenters. The van der Waals surface area contributed by atoms with E-state index in [2.05, 4.69) is 46.0 Å². The Morgan fingerprint density at radius 3 is 2.23 bits per heavy atom. The lowest BCUT2D eigenvalue weighted by Gasteiger charge is -2.28. The average Bonchev–Trinajstić information content (AvgIpc) is 2.50. The van der Waals surface area contributed by atoms with Crippen molar-refractivity contribution in [3.63, 3.8) is 0 Å². The fourth-order valence-corrected chi connectivity index (χ4v) is 3.37. The molecule has 1 heterocycles. The van der Waals surface area contributed by atoms with Crippen LogP contribution in [-0.2, 0) is 11.2 Å². The number of rotatable bonds is 4. The van der Waals surface area contributed by atoms with Crippen molar-refractivity contribution in [1.29, 1.82) is 0 Å². The minimum absolute atomic E-state index is 0.314. The third-order valence-corrected chi connectivity index (χ3v) is 5.07. The molecule has 3 nitrogen and oxygen atoms in total. The third kappa shape index (κ3) is 3.89. The Bertz CT molecular complexity index is 519. The Hall–Kier alpha value is -1.35. The van der Waals surface area contributed by atoms with Gasteiger partial charge < -0.3 is 10.2 Å². The van der Waals surface area contributed by atoms with Crippen molar-refractivity contribution >= 4 is 5.91 Å². The maximum absolute atomic E-state index is 12.4. The van der Waals surface area contributed by atoms with E-state index in [1.165, 1.54) is 27.8 Å². The molecule has 3 heteroatoms. The highest BCUT2D eigenvalue weighted by atomic mass is 16.2. The van der Waals surface area contributed by atoms with Crippen LogP contribution in [-0.4, -0.2) is 37.0 Å². The van der Waals surface area contributed by atoms with Gasteiger partial charge >= 0.3 is 0 Å². The van der Waals surface area contributed by atoms with Gasteiger partial charge in [-0.15, -0.1) is 0 Å². The van der Waals surface area contributed by atoms with Gasteiger partial charge in [0.2, 0.25) is 5.91 Å². The number of aryl methyl sites for hydroxylation is 2. The molecule has 1 fully saturated rings. The summed E-state index contributed by atoms with van der Waals surface area (Å²) in [6.45, 7) is 14.6. The first-order valence-electron chi connectivity index (χ1n) is 8.45. The van der Waals surface area contributed by atoms with Gasteiger partial charge in [0.25, 0.3) is 0 Å². The number of benzene rings is 1. The maximum atomic E-state index is 12.4. The molecule has 1 N–H and O–H groups in total. The molecule has 122 valence electrons. The van der Waals surface area contributed by atoms with Crippen molar-refractivity contribution in [1.82, 2.24) is 10.2 Å². The second-order valence-electron chi connectivity index (χ2n) is 6.88. The lowest BCUT2D eigenvalue weighted by molar-refractivity contribution is -0.132. The van der Waals surface area contributed by atoms with E-state index in [4.69, 9.17) is 0 Å². The molecule has 1 saturated heterocycles. The van der Waals surface area contributed by atoms with Gasteiger partial charge in [0.1, 0.15) is 0 Å². The molecule has 2 rings (SSSR count). The molecule has 1 aromatic rings. The van der Waals surface area contributed by atoms with Gasteiger partial charge in [-0.2, -0.15) is 0 Å². The summed E-state index contributed by atoms with van der Waals surface area (Å²) < 4.78 is 0. The van der Waals surface area contributed by atoms with Gasteiger partial charge in [0, 0.05) is 32.6 Å². The minimum Gasteiger partial charge on any atom is -0.340 e. The van der Waals surface area contributed by atoms with Crippen molar-refractivity contribution in [2.75, 3.05) is 26.2 Å². The van der Waals surface area contributed by atoms with Crippen LogP contribution in [0.4, 0.5) is 0 Å². The first kappa shape index (κ1) is 17.0. The van der Waals surface area contributed by atoms with E-state index >= 15 is 0 Å². The lowest BCUT2D eigenvalue weighted by Crippen LogP contribution is -2.46. The zero-order chi connectivity index (χ0) is 16.3. The van der Waals surface area contributed by atoms with Crippen LogP contribution in [0.2, 0.25) is 0 Å². The molecule has 0 radical (unpaired) electrons. The highest BCUT2D eigenvalue weighted by Crippen LogP contribution is 2.25. The molecule has 0 spiro atoms. The number of amides is 1. The number of piperazine rings is 1. The summed E-state index contributed by atoms with van der Waals surface area (Å²) >= 11 is 0. The summed E-state index contributed by atoms with van der Waals surface area (Å²) in [6.07, 6.45) is 1.66. The smallest absolute Gasteiger partial charge is 0.222 e. The highest BCUT2D eigenvalue weighted by Gasteiger charge is 2.20. The monoisotopic (exact) mass is 302 g/mol. The molecule has 1 aliphatic rings. The Labute approximate surface area is 135 Å². The normalized spacial score (nSPS) is 16.7. The average molecular weight is 302 g/mol. The lowest BCUT2D eigenvalue weighted by atomic mass is 9.87.